The van der Waals surface area contributed by atoms with Crippen LogP contribution in [-0.4, -0.2) is 30.5 Å². The summed E-state index contributed by atoms with van der Waals surface area (Å²) in [5, 5.41) is 2.86. The number of benzene rings is 1. The van der Waals surface area contributed by atoms with Crippen LogP contribution in [0.3, 0.4) is 0 Å². The van der Waals surface area contributed by atoms with Crippen LogP contribution in [0.2, 0.25) is 0 Å². The van der Waals surface area contributed by atoms with Crippen molar-refractivity contribution in [3.05, 3.63) is 53.3 Å². The second-order valence-electron chi connectivity index (χ2n) is 6.30. The topological polar surface area (TPSA) is 60.5 Å². The molecule has 146 valence electrons. The van der Waals surface area contributed by atoms with Gasteiger partial charge in [-0.15, -0.1) is 0 Å². The Hall–Kier alpha value is -2.70. The van der Waals surface area contributed by atoms with E-state index < -0.39 is 12.5 Å². The van der Waals surface area contributed by atoms with Crippen LogP contribution in [0.4, 0.5) is 8.78 Å². The standard InChI is InChI=1S/C20H24F2N2O3/c1-5-20(21,22)12-27-16-7-8-17(23-11-16)14(3)24-19(25)15-6-9-18(26-4)13(2)10-15/h6-11,14H,5,12H2,1-4H3,(H,24,25)/t14-/m1/s1. The molecular formula is C20H24F2N2O3. The van der Waals surface area contributed by atoms with Crippen LogP contribution in [0, 0.1) is 6.92 Å². The third-order valence-electron chi connectivity index (χ3n) is 4.17. The highest BCUT2D eigenvalue weighted by atomic mass is 19.3. The number of hydrogen-bond acceptors (Lipinski definition) is 4. The van der Waals surface area contributed by atoms with Crippen LogP contribution in [-0.2, 0) is 0 Å². The number of ether oxygens (including phenoxy) is 2. The third kappa shape index (κ3) is 5.64. The summed E-state index contributed by atoms with van der Waals surface area (Å²) < 4.78 is 36.7. The normalized spacial score (nSPS) is 12.4. The van der Waals surface area contributed by atoms with Gasteiger partial charge in [0, 0.05) is 12.0 Å². The number of methoxy groups -OCH3 is 1. The number of nitrogens with zero attached hydrogens (tertiary/aromatic N) is 1. The van der Waals surface area contributed by atoms with E-state index in [9.17, 15) is 13.6 Å². The van der Waals surface area contributed by atoms with Gasteiger partial charge in [-0.2, -0.15) is 0 Å². The zero-order valence-electron chi connectivity index (χ0n) is 15.9. The van der Waals surface area contributed by atoms with Gasteiger partial charge < -0.3 is 14.8 Å². The van der Waals surface area contributed by atoms with Gasteiger partial charge >= 0.3 is 0 Å². The molecule has 1 aromatic heterocycles. The largest absolute Gasteiger partial charge is 0.496 e. The van der Waals surface area contributed by atoms with Gasteiger partial charge in [0.1, 0.15) is 11.5 Å². The maximum absolute atomic E-state index is 13.2. The minimum absolute atomic E-state index is 0.238. The van der Waals surface area contributed by atoms with E-state index in [4.69, 9.17) is 9.47 Å². The number of nitrogens with one attached hydrogen (secondary N) is 1. The van der Waals surface area contributed by atoms with Gasteiger partial charge in [0.05, 0.1) is 25.0 Å². The quantitative estimate of drug-likeness (QED) is 0.743. The lowest BCUT2D eigenvalue weighted by atomic mass is 10.1. The van der Waals surface area contributed by atoms with Gasteiger partial charge in [0.2, 0.25) is 0 Å². The molecule has 2 rings (SSSR count). The molecule has 0 bridgehead atoms. The van der Waals surface area contributed by atoms with Crippen molar-refractivity contribution in [2.45, 2.75) is 39.2 Å². The SMILES string of the molecule is CCC(F)(F)COc1ccc([C@@H](C)NC(=O)c2ccc(OC)c(C)c2)nc1. The molecule has 1 heterocycles. The van der Waals surface area contributed by atoms with Gasteiger partial charge in [-0.1, -0.05) is 6.92 Å². The van der Waals surface area contributed by atoms with E-state index in [2.05, 4.69) is 10.3 Å². The molecule has 0 aliphatic rings. The van der Waals surface area contributed by atoms with Crippen molar-refractivity contribution in [3.63, 3.8) is 0 Å². The smallest absolute Gasteiger partial charge is 0.281 e. The van der Waals surface area contributed by atoms with Crippen molar-refractivity contribution in [2.75, 3.05) is 13.7 Å². The van der Waals surface area contributed by atoms with Crippen LogP contribution in [0.25, 0.3) is 0 Å². The molecule has 0 saturated heterocycles. The molecule has 0 saturated carbocycles. The Balaban J connectivity index is 1.98. The summed E-state index contributed by atoms with van der Waals surface area (Å²) in [6, 6.07) is 8.03. The number of pyridine rings is 1. The van der Waals surface area contributed by atoms with Gasteiger partial charge in [-0.3, -0.25) is 9.78 Å². The number of hydrogen-bond donors (Lipinski definition) is 1. The molecule has 2 aromatic rings. The summed E-state index contributed by atoms with van der Waals surface area (Å²) in [6.07, 6.45) is 1.09. The molecule has 1 aromatic carbocycles. The Kier molecular flexibility index (Phi) is 6.71. The highest BCUT2D eigenvalue weighted by Gasteiger charge is 2.27. The molecule has 0 aliphatic heterocycles. The summed E-state index contributed by atoms with van der Waals surface area (Å²) >= 11 is 0. The van der Waals surface area contributed by atoms with E-state index in [1.807, 2.05) is 6.92 Å². The Bertz CT molecular complexity index is 779. The Morgan fingerprint density at radius 3 is 2.59 bits per heavy atom. The fourth-order valence-electron chi connectivity index (χ4n) is 2.40. The fourth-order valence-corrected chi connectivity index (χ4v) is 2.40. The predicted octanol–water partition coefficient (Wildman–Crippen LogP) is 4.31. The predicted molar refractivity (Wildman–Crippen MR) is 98.6 cm³/mol. The van der Waals surface area contributed by atoms with E-state index in [0.717, 1.165) is 5.56 Å². The first-order valence-corrected chi connectivity index (χ1v) is 8.68. The van der Waals surface area contributed by atoms with Crippen molar-refractivity contribution in [2.24, 2.45) is 0 Å². The summed E-state index contributed by atoms with van der Waals surface area (Å²) in [7, 11) is 1.58. The van der Waals surface area contributed by atoms with Gasteiger partial charge in [-0.05, 0) is 49.7 Å². The molecule has 0 fully saturated rings. The highest BCUT2D eigenvalue weighted by Crippen LogP contribution is 2.22. The summed E-state index contributed by atoms with van der Waals surface area (Å²) in [6.45, 7) is 4.37. The van der Waals surface area contributed by atoms with E-state index in [-0.39, 0.29) is 24.1 Å². The van der Waals surface area contributed by atoms with Crippen LogP contribution in [0.5, 0.6) is 11.5 Å². The number of rotatable bonds is 8. The number of aryl methyl sites for hydroxylation is 1. The Morgan fingerprint density at radius 2 is 2.04 bits per heavy atom. The maximum atomic E-state index is 13.2. The molecule has 1 N–H and O–H groups in total. The molecule has 0 radical (unpaired) electrons. The van der Waals surface area contributed by atoms with Gasteiger partial charge in [-0.25, -0.2) is 8.78 Å². The summed E-state index contributed by atoms with van der Waals surface area (Å²) in [5.41, 5.74) is 1.98. The van der Waals surface area contributed by atoms with Crippen molar-refractivity contribution >= 4 is 5.91 Å². The lowest BCUT2D eigenvalue weighted by molar-refractivity contribution is -0.0437. The number of carbonyl (C=O) groups is 1. The lowest BCUT2D eigenvalue weighted by Gasteiger charge is -2.16. The van der Waals surface area contributed by atoms with E-state index in [1.165, 1.54) is 13.1 Å². The minimum atomic E-state index is -2.86. The van der Waals surface area contributed by atoms with Crippen LogP contribution < -0.4 is 14.8 Å². The zero-order valence-corrected chi connectivity index (χ0v) is 15.9. The molecule has 0 unspecified atom stereocenters. The van der Waals surface area contributed by atoms with Crippen LogP contribution in [0.1, 0.15) is 47.9 Å². The lowest BCUT2D eigenvalue weighted by Crippen LogP contribution is -2.27. The van der Waals surface area contributed by atoms with Crippen molar-refractivity contribution in [1.29, 1.82) is 0 Å². The first-order valence-electron chi connectivity index (χ1n) is 8.68. The summed E-state index contributed by atoms with van der Waals surface area (Å²) in [4.78, 5) is 16.6. The van der Waals surface area contributed by atoms with Crippen molar-refractivity contribution in [1.82, 2.24) is 10.3 Å². The van der Waals surface area contributed by atoms with Crippen LogP contribution in [0.15, 0.2) is 36.5 Å². The van der Waals surface area contributed by atoms with E-state index in [1.54, 1.807) is 44.4 Å². The molecule has 5 nitrogen and oxygen atoms in total. The third-order valence-corrected chi connectivity index (χ3v) is 4.17. The first-order chi connectivity index (χ1) is 12.8. The average molecular weight is 378 g/mol. The average Bonchev–Trinajstić information content (AvgIpc) is 2.66. The van der Waals surface area contributed by atoms with Gasteiger partial charge in [0.25, 0.3) is 11.8 Å². The van der Waals surface area contributed by atoms with Gasteiger partial charge in [0.15, 0.2) is 6.61 Å². The van der Waals surface area contributed by atoms with Crippen molar-refractivity contribution < 1.29 is 23.0 Å². The Labute approximate surface area is 157 Å². The minimum Gasteiger partial charge on any atom is -0.496 e. The molecule has 0 spiro atoms. The zero-order chi connectivity index (χ0) is 20.0. The number of amides is 1. The molecule has 27 heavy (non-hydrogen) atoms. The Morgan fingerprint density at radius 1 is 1.30 bits per heavy atom. The van der Waals surface area contributed by atoms with Crippen molar-refractivity contribution in [3.8, 4) is 11.5 Å². The number of alkyl halides is 2. The molecule has 0 aliphatic carbocycles. The number of halogens is 2. The number of aromatic nitrogens is 1. The summed E-state index contributed by atoms with van der Waals surface area (Å²) in [5.74, 6) is -2.13. The first kappa shape index (κ1) is 20.6. The monoisotopic (exact) mass is 378 g/mol. The van der Waals surface area contributed by atoms with E-state index in [0.29, 0.717) is 17.0 Å². The molecular weight excluding hydrogens is 354 g/mol. The highest BCUT2D eigenvalue weighted by molar-refractivity contribution is 5.94. The second-order valence-corrected chi connectivity index (χ2v) is 6.30. The maximum Gasteiger partial charge on any atom is 0.281 e. The second kappa shape index (κ2) is 8.79. The fraction of sp³-hybridized carbons (Fsp3) is 0.400. The molecule has 7 heteroatoms. The number of carbonyl (C=O) groups excluding carboxylic acids is 1. The van der Waals surface area contributed by atoms with E-state index >= 15 is 0 Å². The molecule has 1 atom stereocenters. The van der Waals surface area contributed by atoms with Crippen LogP contribution >= 0.6 is 0 Å². The molecule has 1 amide bonds.